The maximum absolute atomic E-state index is 13.9. The van der Waals surface area contributed by atoms with Gasteiger partial charge in [-0.3, -0.25) is 14.5 Å². The van der Waals surface area contributed by atoms with Crippen molar-refractivity contribution in [3.8, 4) is 0 Å². The van der Waals surface area contributed by atoms with Gasteiger partial charge in [0.15, 0.2) is 0 Å². The molecule has 3 unspecified atom stereocenters. The third-order valence-electron chi connectivity index (χ3n) is 7.20. The maximum Gasteiger partial charge on any atom is 0.310 e. The summed E-state index contributed by atoms with van der Waals surface area (Å²) in [6.07, 6.45) is 2.19. The van der Waals surface area contributed by atoms with E-state index in [2.05, 4.69) is 4.90 Å². The number of benzene rings is 2. The van der Waals surface area contributed by atoms with E-state index in [1.165, 1.54) is 18.2 Å². The van der Waals surface area contributed by atoms with Gasteiger partial charge in [0.1, 0.15) is 11.6 Å². The van der Waals surface area contributed by atoms with Gasteiger partial charge in [0.2, 0.25) is 5.91 Å². The Labute approximate surface area is 206 Å². The molecule has 35 heavy (non-hydrogen) atoms. The van der Waals surface area contributed by atoms with Crippen LogP contribution in [0.5, 0.6) is 0 Å². The molecule has 7 heteroatoms. The van der Waals surface area contributed by atoms with Gasteiger partial charge >= 0.3 is 5.97 Å². The van der Waals surface area contributed by atoms with Crippen LogP contribution in [0.4, 0.5) is 8.78 Å². The smallest absolute Gasteiger partial charge is 0.310 e. The summed E-state index contributed by atoms with van der Waals surface area (Å²) >= 11 is 0. The van der Waals surface area contributed by atoms with Crippen LogP contribution in [-0.2, 0) is 20.9 Å². The van der Waals surface area contributed by atoms with Crippen LogP contribution in [0.1, 0.15) is 48.8 Å². The summed E-state index contributed by atoms with van der Waals surface area (Å²) in [7, 11) is 0. The number of aryl methyl sites for hydroxylation is 1. The number of likely N-dealkylation sites (tertiary alicyclic amines) is 2. The van der Waals surface area contributed by atoms with Crippen LogP contribution >= 0.6 is 0 Å². The van der Waals surface area contributed by atoms with Crippen molar-refractivity contribution < 1.29 is 23.1 Å². The zero-order valence-corrected chi connectivity index (χ0v) is 20.5. The third kappa shape index (κ3) is 6.26. The fraction of sp³-hybridized carbons (Fsp3) is 0.500. The lowest BCUT2D eigenvalue weighted by Gasteiger charge is -2.41. The number of rotatable bonds is 6. The number of esters is 1. The Balaban J connectivity index is 1.53. The van der Waals surface area contributed by atoms with Crippen molar-refractivity contribution in [3.63, 3.8) is 0 Å². The van der Waals surface area contributed by atoms with E-state index in [-0.39, 0.29) is 41.3 Å². The summed E-state index contributed by atoms with van der Waals surface area (Å²) < 4.78 is 32.5. The summed E-state index contributed by atoms with van der Waals surface area (Å²) in [6, 6.07) is 11.6. The van der Waals surface area contributed by atoms with Gasteiger partial charge in [-0.25, -0.2) is 8.78 Å². The van der Waals surface area contributed by atoms with Crippen molar-refractivity contribution in [3.05, 3.63) is 70.8 Å². The number of hydrogen-bond acceptors (Lipinski definition) is 4. The molecule has 2 aromatic rings. The number of amides is 1. The Bertz CT molecular complexity index is 1040. The predicted octanol–water partition coefficient (Wildman–Crippen LogP) is 4.68. The van der Waals surface area contributed by atoms with E-state index in [1.807, 2.05) is 17.0 Å². The first kappa shape index (κ1) is 25.3. The summed E-state index contributed by atoms with van der Waals surface area (Å²) in [5.41, 5.74) is 2.59. The minimum absolute atomic E-state index is 0.0617. The van der Waals surface area contributed by atoms with Crippen LogP contribution in [0.2, 0.25) is 0 Å². The summed E-state index contributed by atoms with van der Waals surface area (Å²) in [6.45, 7) is 6.85. The number of nitrogens with zero attached hydrogens (tertiary/aromatic N) is 2. The van der Waals surface area contributed by atoms with E-state index in [1.54, 1.807) is 26.0 Å². The van der Waals surface area contributed by atoms with Crippen LogP contribution < -0.4 is 0 Å². The lowest BCUT2D eigenvalue weighted by Crippen LogP contribution is -2.50. The van der Waals surface area contributed by atoms with Gasteiger partial charge in [0, 0.05) is 32.7 Å². The fourth-order valence-electron chi connectivity index (χ4n) is 5.40. The quantitative estimate of drug-likeness (QED) is 0.559. The maximum atomic E-state index is 13.9. The van der Waals surface area contributed by atoms with Crippen LogP contribution in [0.25, 0.3) is 0 Å². The molecule has 188 valence electrons. The lowest BCUT2D eigenvalue weighted by molar-refractivity contribution is -0.152. The number of carbonyl (C=O) groups is 2. The SMILES string of the molecule is CCOC(=O)C1CCCN(C(=O)C2CC(c3ccc(F)c(C)c3)CN(Cc3ccc(F)cc3)C2)C1. The summed E-state index contributed by atoms with van der Waals surface area (Å²) in [5.74, 6) is -1.12. The molecule has 4 rings (SSSR count). The largest absolute Gasteiger partial charge is 0.466 e. The second-order valence-corrected chi connectivity index (χ2v) is 9.83. The zero-order valence-electron chi connectivity index (χ0n) is 20.5. The van der Waals surface area contributed by atoms with Crippen LogP contribution in [0.3, 0.4) is 0 Å². The van der Waals surface area contributed by atoms with Crippen molar-refractivity contribution in [1.29, 1.82) is 0 Å². The summed E-state index contributed by atoms with van der Waals surface area (Å²) in [5, 5.41) is 0. The highest BCUT2D eigenvalue weighted by molar-refractivity contribution is 5.81. The normalized spacial score (nSPS) is 23.2. The molecule has 0 bridgehead atoms. The van der Waals surface area contributed by atoms with E-state index in [0.29, 0.717) is 44.8 Å². The Morgan fingerprint density at radius 2 is 1.80 bits per heavy atom. The second kappa shape index (κ2) is 11.3. The van der Waals surface area contributed by atoms with Crippen molar-refractivity contribution in [1.82, 2.24) is 9.80 Å². The minimum atomic E-state index is -0.277. The highest BCUT2D eigenvalue weighted by atomic mass is 19.1. The second-order valence-electron chi connectivity index (χ2n) is 9.83. The molecule has 2 heterocycles. The average molecular weight is 485 g/mol. The van der Waals surface area contributed by atoms with Gasteiger partial charge in [-0.05, 0) is 73.9 Å². The van der Waals surface area contributed by atoms with Crippen molar-refractivity contribution in [2.24, 2.45) is 11.8 Å². The molecule has 2 aliphatic heterocycles. The van der Waals surface area contributed by atoms with Crippen LogP contribution in [0, 0.1) is 30.4 Å². The minimum Gasteiger partial charge on any atom is -0.466 e. The van der Waals surface area contributed by atoms with E-state index in [9.17, 15) is 18.4 Å². The summed E-state index contributed by atoms with van der Waals surface area (Å²) in [4.78, 5) is 30.0. The molecule has 0 aliphatic carbocycles. The van der Waals surface area contributed by atoms with Gasteiger partial charge in [-0.15, -0.1) is 0 Å². The number of carbonyl (C=O) groups excluding carboxylic acids is 2. The van der Waals surface area contributed by atoms with Gasteiger partial charge in [-0.2, -0.15) is 0 Å². The Morgan fingerprint density at radius 1 is 1.03 bits per heavy atom. The van der Waals surface area contributed by atoms with E-state index < -0.39 is 0 Å². The molecule has 0 N–H and O–H groups in total. The molecule has 0 aromatic heterocycles. The number of ether oxygens (including phenoxy) is 1. The van der Waals surface area contributed by atoms with E-state index in [4.69, 9.17) is 4.74 Å². The zero-order chi connectivity index (χ0) is 24.9. The lowest BCUT2D eigenvalue weighted by atomic mass is 9.82. The Hall–Kier alpha value is -2.80. The first-order valence-corrected chi connectivity index (χ1v) is 12.5. The fourth-order valence-corrected chi connectivity index (χ4v) is 5.40. The first-order chi connectivity index (χ1) is 16.8. The molecule has 0 saturated carbocycles. The first-order valence-electron chi connectivity index (χ1n) is 12.5. The van der Waals surface area contributed by atoms with Gasteiger partial charge in [0.25, 0.3) is 0 Å². The molecular weight excluding hydrogens is 450 g/mol. The van der Waals surface area contributed by atoms with Crippen molar-refractivity contribution in [2.75, 3.05) is 32.8 Å². The highest BCUT2D eigenvalue weighted by Crippen LogP contribution is 2.34. The average Bonchev–Trinajstić information content (AvgIpc) is 2.86. The van der Waals surface area contributed by atoms with Gasteiger partial charge < -0.3 is 9.64 Å². The standard InChI is InChI=1S/C28H34F2N2O3/c1-3-35-28(34)22-5-4-12-32(18-22)27(33)24-14-23(21-8-11-26(30)19(2)13-21)16-31(17-24)15-20-6-9-25(29)10-7-20/h6-11,13,22-24H,3-5,12,14-18H2,1-2H3. The molecule has 2 aliphatic rings. The highest BCUT2D eigenvalue weighted by Gasteiger charge is 2.37. The molecule has 0 radical (unpaired) electrons. The number of piperidine rings is 2. The van der Waals surface area contributed by atoms with E-state index in [0.717, 1.165) is 30.5 Å². The Kier molecular flexibility index (Phi) is 8.16. The molecule has 3 atom stereocenters. The number of halogens is 2. The molecule has 5 nitrogen and oxygen atoms in total. The molecular formula is C28H34F2N2O3. The Morgan fingerprint density at radius 3 is 2.51 bits per heavy atom. The topological polar surface area (TPSA) is 49.9 Å². The van der Waals surface area contributed by atoms with E-state index >= 15 is 0 Å². The van der Waals surface area contributed by atoms with Crippen LogP contribution in [0.15, 0.2) is 42.5 Å². The molecule has 0 spiro atoms. The molecule has 2 fully saturated rings. The van der Waals surface area contributed by atoms with Gasteiger partial charge in [-0.1, -0.05) is 24.3 Å². The van der Waals surface area contributed by atoms with Crippen molar-refractivity contribution in [2.45, 2.75) is 45.6 Å². The van der Waals surface area contributed by atoms with Crippen LogP contribution in [-0.4, -0.2) is 54.5 Å². The monoisotopic (exact) mass is 484 g/mol. The predicted molar refractivity (Wildman–Crippen MR) is 130 cm³/mol. The third-order valence-corrected chi connectivity index (χ3v) is 7.20. The molecule has 2 aromatic carbocycles. The molecule has 2 saturated heterocycles. The molecule has 1 amide bonds. The van der Waals surface area contributed by atoms with Gasteiger partial charge in [0.05, 0.1) is 18.4 Å². The van der Waals surface area contributed by atoms with Crippen molar-refractivity contribution >= 4 is 11.9 Å². The number of hydrogen-bond donors (Lipinski definition) is 0.